The second-order valence-electron chi connectivity index (χ2n) is 3.84. The maximum Gasteiger partial charge on any atom is 0.00576 e. The minimum Gasteiger partial charge on any atom is -0.0991 e. The number of hydrogen-bond donors (Lipinski definition) is 0. The van der Waals surface area contributed by atoms with Gasteiger partial charge in [-0.2, -0.15) is 0 Å². The molecule has 1 unspecified atom stereocenters. The van der Waals surface area contributed by atoms with Crippen LogP contribution in [0.1, 0.15) is 20.3 Å². The smallest absolute Gasteiger partial charge is 0.00576 e. The molecule has 84 valence electrons. The molecule has 0 bridgehead atoms. The van der Waals surface area contributed by atoms with E-state index in [9.17, 15) is 0 Å². The van der Waals surface area contributed by atoms with Crippen LogP contribution in [0.4, 0.5) is 0 Å². The summed E-state index contributed by atoms with van der Waals surface area (Å²) in [5, 5.41) is 0. The van der Waals surface area contributed by atoms with Crippen LogP contribution in [0.5, 0.6) is 0 Å². The lowest BCUT2D eigenvalue weighted by Gasteiger charge is -2.13. The third-order valence-electron chi connectivity index (χ3n) is 2.77. The van der Waals surface area contributed by atoms with Crippen LogP contribution < -0.4 is 0 Å². The normalized spacial score (nSPS) is 18.4. The van der Waals surface area contributed by atoms with Gasteiger partial charge in [0.15, 0.2) is 0 Å². The summed E-state index contributed by atoms with van der Waals surface area (Å²) in [5.41, 5.74) is 2.68. The largest absolute Gasteiger partial charge is 0.0991 e. The van der Waals surface area contributed by atoms with Crippen molar-refractivity contribution in [2.24, 2.45) is 5.92 Å². The fourth-order valence-corrected chi connectivity index (χ4v) is 1.75. The van der Waals surface area contributed by atoms with Gasteiger partial charge in [0, 0.05) is 5.92 Å². The predicted molar refractivity (Wildman–Crippen MR) is 73.2 cm³/mol. The van der Waals surface area contributed by atoms with Crippen molar-refractivity contribution in [2.45, 2.75) is 20.3 Å². The van der Waals surface area contributed by atoms with E-state index in [2.05, 4.69) is 63.0 Å². The van der Waals surface area contributed by atoms with E-state index in [0.29, 0.717) is 5.92 Å². The van der Waals surface area contributed by atoms with Crippen LogP contribution in [0, 0.1) is 5.92 Å². The third-order valence-corrected chi connectivity index (χ3v) is 2.77. The maximum absolute atomic E-state index is 3.70. The molecule has 0 N–H and O–H groups in total. The number of hydrogen-bond acceptors (Lipinski definition) is 0. The zero-order valence-corrected chi connectivity index (χ0v) is 10.2. The van der Waals surface area contributed by atoms with Crippen LogP contribution in [0.25, 0.3) is 0 Å². The van der Waals surface area contributed by atoms with Crippen LogP contribution >= 0.6 is 0 Å². The van der Waals surface area contributed by atoms with Crippen molar-refractivity contribution in [3.8, 4) is 0 Å². The zero-order valence-electron chi connectivity index (χ0n) is 10.2. The standard InChI is InChI=1S/C16H20/c1-4-6-11-15(5-2)14(3)16-12-9-7-8-10-13-16/h4-7,9-14H,1,8H2,2-3H3/b11-6-,15-5+. The van der Waals surface area contributed by atoms with Crippen LogP contribution in [0.2, 0.25) is 0 Å². The Bertz CT molecular complexity index is 373. The molecule has 0 heterocycles. The van der Waals surface area contributed by atoms with Gasteiger partial charge in [0.05, 0.1) is 0 Å². The SMILES string of the molecule is C=C/C=C\C(=C/C)C(C)C1=CC=CCC=C1. The summed E-state index contributed by atoms with van der Waals surface area (Å²) < 4.78 is 0. The van der Waals surface area contributed by atoms with Gasteiger partial charge < -0.3 is 0 Å². The lowest BCUT2D eigenvalue weighted by Crippen LogP contribution is -1.99. The molecule has 0 spiro atoms. The van der Waals surface area contributed by atoms with Gasteiger partial charge in [0.25, 0.3) is 0 Å². The summed E-state index contributed by atoms with van der Waals surface area (Å²) >= 11 is 0. The molecule has 0 heteroatoms. The van der Waals surface area contributed by atoms with Crippen molar-refractivity contribution in [3.05, 3.63) is 72.4 Å². The monoisotopic (exact) mass is 212 g/mol. The Morgan fingerprint density at radius 3 is 2.94 bits per heavy atom. The van der Waals surface area contributed by atoms with Crippen molar-refractivity contribution >= 4 is 0 Å². The summed E-state index contributed by atoms with van der Waals surface area (Å²) in [5.74, 6) is 0.431. The van der Waals surface area contributed by atoms with E-state index in [4.69, 9.17) is 0 Å². The lowest BCUT2D eigenvalue weighted by atomic mass is 9.91. The highest BCUT2D eigenvalue weighted by Crippen LogP contribution is 2.23. The minimum absolute atomic E-state index is 0.431. The zero-order chi connectivity index (χ0) is 11.8. The average Bonchev–Trinajstić information content (AvgIpc) is 2.58. The van der Waals surface area contributed by atoms with Gasteiger partial charge >= 0.3 is 0 Å². The van der Waals surface area contributed by atoms with Gasteiger partial charge in [-0.3, -0.25) is 0 Å². The van der Waals surface area contributed by atoms with E-state index in [1.807, 2.05) is 12.2 Å². The fraction of sp³-hybridized carbons (Fsp3) is 0.250. The fourth-order valence-electron chi connectivity index (χ4n) is 1.75. The molecule has 0 aromatic carbocycles. The third kappa shape index (κ3) is 3.54. The first-order valence-electron chi connectivity index (χ1n) is 5.78. The summed E-state index contributed by atoms with van der Waals surface area (Å²) in [6.07, 6.45) is 20.0. The maximum atomic E-state index is 3.70. The highest BCUT2D eigenvalue weighted by Gasteiger charge is 2.08. The first kappa shape index (κ1) is 12.5. The molecule has 0 aromatic rings. The Hall–Kier alpha value is -1.56. The molecule has 1 aliphatic carbocycles. The van der Waals surface area contributed by atoms with Crippen molar-refractivity contribution < 1.29 is 0 Å². The average molecular weight is 212 g/mol. The quantitative estimate of drug-likeness (QED) is 0.590. The van der Waals surface area contributed by atoms with E-state index in [1.165, 1.54) is 11.1 Å². The van der Waals surface area contributed by atoms with Crippen molar-refractivity contribution in [3.63, 3.8) is 0 Å². The summed E-state index contributed by atoms with van der Waals surface area (Å²) in [6.45, 7) is 8.01. The Morgan fingerprint density at radius 2 is 2.25 bits per heavy atom. The van der Waals surface area contributed by atoms with Crippen molar-refractivity contribution in [1.82, 2.24) is 0 Å². The van der Waals surface area contributed by atoms with Gasteiger partial charge in [-0.25, -0.2) is 0 Å². The molecule has 0 nitrogen and oxygen atoms in total. The van der Waals surface area contributed by atoms with Gasteiger partial charge in [0.2, 0.25) is 0 Å². The Morgan fingerprint density at radius 1 is 1.44 bits per heavy atom. The molecule has 0 aromatic heterocycles. The van der Waals surface area contributed by atoms with Gasteiger partial charge in [-0.1, -0.05) is 68.2 Å². The molecule has 0 radical (unpaired) electrons. The summed E-state index contributed by atoms with van der Waals surface area (Å²) in [4.78, 5) is 0. The van der Waals surface area contributed by atoms with Gasteiger partial charge in [-0.05, 0) is 24.5 Å². The molecule has 1 atom stereocenters. The minimum atomic E-state index is 0.431. The van der Waals surface area contributed by atoms with E-state index >= 15 is 0 Å². The number of allylic oxidation sites excluding steroid dienone is 11. The van der Waals surface area contributed by atoms with E-state index in [1.54, 1.807) is 0 Å². The molecule has 0 saturated carbocycles. The molecular weight excluding hydrogens is 192 g/mol. The second-order valence-corrected chi connectivity index (χ2v) is 3.84. The first-order valence-corrected chi connectivity index (χ1v) is 5.78. The molecular formula is C16H20. The van der Waals surface area contributed by atoms with Crippen molar-refractivity contribution in [1.29, 1.82) is 0 Å². The molecule has 0 aliphatic heterocycles. The predicted octanol–water partition coefficient (Wildman–Crippen LogP) is 4.75. The van der Waals surface area contributed by atoms with E-state index in [0.717, 1.165) is 6.42 Å². The summed E-state index contributed by atoms with van der Waals surface area (Å²) in [7, 11) is 0. The van der Waals surface area contributed by atoms with Crippen LogP contribution in [0.15, 0.2) is 72.4 Å². The van der Waals surface area contributed by atoms with Gasteiger partial charge in [0.1, 0.15) is 0 Å². The molecule has 0 fully saturated rings. The lowest BCUT2D eigenvalue weighted by molar-refractivity contribution is 0.845. The van der Waals surface area contributed by atoms with Crippen molar-refractivity contribution in [2.75, 3.05) is 0 Å². The Kier molecular flexibility index (Phi) is 5.35. The molecule has 0 saturated heterocycles. The Labute approximate surface area is 99.1 Å². The topological polar surface area (TPSA) is 0 Å². The molecule has 1 aliphatic rings. The van der Waals surface area contributed by atoms with E-state index < -0.39 is 0 Å². The van der Waals surface area contributed by atoms with Crippen LogP contribution in [0.3, 0.4) is 0 Å². The van der Waals surface area contributed by atoms with Crippen LogP contribution in [-0.4, -0.2) is 0 Å². The van der Waals surface area contributed by atoms with Crippen LogP contribution in [-0.2, 0) is 0 Å². The molecule has 16 heavy (non-hydrogen) atoms. The Balaban J connectivity index is 2.86. The number of rotatable bonds is 4. The van der Waals surface area contributed by atoms with E-state index in [-0.39, 0.29) is 0 Å². The second kappa shape index (κ2) is 6.84. The molecule has 0 amide bonds. The molecule has 1 rings (SSSR count). The summed E-state index contributed by atoms with van der Waals surface area (Å²) in [6, 6.07) is 0. The first-order chi connectivity index (χ1) is 7.79. The van der Waals surface area contributed by atoms with Gasteiger partial charge in [-0.15, -0.1) is 0 Å². The highest BCUT2D eigenvalue weighted by atomic mass is 14.1. The highest BCUT2D eigenvalue weighted by molar-refractivity contribution is 5.38.